The van der Waals surface area contributed by atoms with E-state index in [-0.39, 0.29) is 20.9 Å². The Morgan fingerprint density at radius 1 is 1.25 bits per heavy atom. The van der Waals surface area contributed by atoms with Gasteiger partial charge in [-0.2, -0.15) is 4.39 Å². The van der Waals surface area contributed by atoms with E-state index in [0.717, 1.165) is 0 Å². The van der Waals surface area contributed by atoms with E-state index < -0.39 is 16.5 Å². The highest BCUT2D eigenvalue weighted by atomic mass is 35.5. The summed E-state index contributed by atoms with van der Waals surface area (Å²) in [6.07, 6.45) is 0. The maximum Gasteiger partial charge on any atom is 0.346 e. The zero-order valence-corrected chi connectivity index (χ0v) is 9.98. The molecule has 0 aliphatic carbocycles. The van der Waals surface area contributed by atoms with Crippen molar-refractivity contribution in [2.75, 3.05) is 0 Å². The van der Waals surface area contributed by atoms with Crippen LogP contribution in [-0.4, -0.2) is 21.4 Å². The van der Waals surface area contributed by atoms with Gasteiger partial charge in [0.15, 0.2) is 0 Å². The molecule has 2 rings (SSSR count). The summed E-state index contributed by atoms with van der Waals surface area (Å²) >= 11 is 14.3. The van der Waals surface area contributed by atoms with Gasteiger partial charge < -0.3 is 0 Å². The van der Waals surface area contributed by atoms with Crippen molar-refractivity contribution in [3.63, 3.8) is 0 Å². The molecule has 0 spiro atoms. The highest BCUT2D eigenvalue weighted by molar-refractivity contribution is 7.80. The van der Waals surface area contributed by atoms with E-state index in [1.54, 1.807) is 0 Å². The highest BCUT2D eigenvalue weighted by Crippen LogP contribution is 2.37. The predicted octanol–water partition coefficient (Wildman–Crippen LogP) is 2.63. The van der Waals surface area contributed by atoms with Gasteiger partial charge in [-0.15, -0.1) is 12.6 Å². The number of fused-ring (bicyclic) bond motifs is 1. The Morgan fingerprint density at radius 2 is 1.88 bits per heavy atom. The molecule has 7 heteroatoms. The zero-order valence-electron chi connectivity index (χ0n) is 7.58. The molecule has 0 unspecified atom stereocenters. The molecule has 1 aliphatic heterocycles. The van der Waals surface area contributed by atoms with Crippen LogP contribution in [-0.2, 0) is 0 Å². The first kappa shape index (κ1) is 11.7. The number of thiol groups is 1. The summed E-state index contributed by atoms with van der Waals surface area (Å²) < 4.78 is 10.2. The van der Waals surface area contributed by atoms with Gasteiger partial charge in [0.1, 0.15) is 0 Å². The van der Waals surface area contributed by atoms with Crippen LogP contribution in [0.2, 0.25) is 0 Å². The number of nitrogens with zero attached hydrogens (tertiary/aromatic N) is 1. The van der Waals surface area contributed by atoms with E-state index in [0.29, 0.717) is 0 Å². The third-order valence-electron chi connectivity index (χ3n) is 2.15. The topological polar surface area (TPSA) is 37.4 Å². The van der Waals surface area contributed by atoms with Crippen LogP contribution < -0.4 is 0 Å². The van der Waals surface area contributed by atoms with Crippen LogP contribution in [0.15, 0.2) is 23.1 Å². The molecule has 0 saturated carbocycles. The molecule has 0 atom stereocenters. The van der Waals surface area contributed by atoms with Crippen molar-refractivity contribution in [2.24, 2.45) is 0 Å². The third-order valence-corrected chi connectivity index (χ3v) is 2.86. The normalized spacial score (nSPS) is 15.6. The molecule has 1 aromatic rings. The monoisotopic (exact) mass is 279 g/mol. The smallest absolute Gasteiger partial charge is 0.268 e. The minimum atomic E-state index is -3.06. The first-order valence-electron chi connectivity index (χ1n) is 4.11. The summed E-state index contributed by atoms with van der Waals surface area (Å²) in [5, 5.41) is 0. The van der Waals surface area contributed by atoms with Crippen LogP contribution in [0.3, 0.4) is 0 Å². The molecule has 2 amide bonds. The maximum absolute atomic E-state index is 13.3. The summed E-state index contributed by atoms with van der Waals surface area (Å²) in [5.74, 6) is -1.76. The molecule has 84 valence electrons. The Labute approximate surface area is 106 Å². The Balaban J connectivity index is 2.62. The van der Waals surface area contributed by atoms with Crippen molar-refractivity contribution in [2.45, 2.75) is 9.61 Å². The minimum absolute atomic E-state index is 0.0131. The fourth-order valence-electron chi connectivity index (χ4n) is 1.50. The lowest BCUT2D eigenvalue weighted by Gasteiger charge is -2.20. The molecule has 0 radical (unpaired) electrons. The van der Waals surface area contributed by atoms with E-state index >= 15 is 0 Å². The molecule has 1 aromatic carbocycles. The number of amides is 2. The first-order valence-corrected chi connectivity index (χ1v) is 5.32. The van der Waals surface area contributed by atoms with Gasteiger partial charge in [-0.05, 0) is 35.3 Å². The average molecular weight is 280 g/mol. The van der Waals surface area contributed by atoms with Crippen molar-refractivity contribution >= 4 is 47.6 Å². The number of hydrogen-bond acceptors (Lipinski definition) is 3. The van der Waals surface area contributed by atoms with E-state index in [2.05, 4.69) is 12.6 Å². The van der Waals surface area contributed by atoms with Gasteiger partial charge in [0.25, 0.3) is 11.8 Å². The Hall–Kier alpha value is -0.780. The molecule has 1 heterocycles. The molecule has 0 N–H and O–H groups in total. The van der Waals surface area contributed by atoms with Crippen LogP contribution in [0.1, 0.15) is 20.7 Å². The number of carbonyl (C=O) groups excluding carboxylic acids is 2. The van der Waals surface area contributed by atoms with E-state index in [9.17, 15) is 14.0 Å². The number of carbonyl (C=O) groups is 2. The molecule has 0 aromatic heterocycles. The van der Waals surface area contributed by atoms with Crippen molar-refractivity contribution < 1.29 is 14.0 Å². The number of hydrogen-bond donors (Lipinski definition) is 1. The highest BCUT2D eigenvalue weighted by Gasteiger charge is 2.48. The fraction of sp³-hybridized carbons (Fsp3) is 0.111. The lowest BCUT2D eigenvalue weighted by atomic mass is 10.1. The van der Waals surface area contributed by atoms with Gasteiger partial charge in [0, 0.05) is 4.90 Å². The lowest BCUT2D eigenvalue weighted by Crippen LogP contribution is -2.40. The number of imide groups is 1. The molecule has 16 heavy (non-hydrogen) atoms. The largest absolute Gasteiger partial charge is 0.346 e. The SMILES string of the molecule is O=C1c2cccc(S)c2C(=O)N1C(F)(Cl)Cl. The average Bonchev–Trinajstić information content (AvgIpc) is 2.39. The molecule has 0 fully saturated rings. The van der Waals surface area contributed by atoms with E-state index in [1.807, 2.05) is 0 Å². The van der Waals surface area contributed by atoms with Gasteiger partial charge in [-0.3, -0.25) is 9.59 Å². The van der Waals surface area contributed by atoms with Crippen molar-refractivity contribution in [1.82, 2.24) is 4.90 Å². The summed E-state index contributed by atoms with van der Waals surface area (Å²) in [6.45, 7) is 0. The molecular formula is C9H4Cl2FNO2S. The number of alkyl halides is 3. The second kappa shape index (κ2) is 3.61. The van der Waals surface area contributed by atoms with Crippen LogP contribution in [0.5, 0.6) is 0 Å². The number of benzene rings is 1. The molecule has 3 nitrogen and oxygen atoms in total. The first-order chi connectivity index (χ1) is 7.34. The minimum Gasteiger partial charge on any atom is -0.268 e. The molecule has 0 saturated heterocycles. The predicted molar refractivity (Wildman–Crippen MR) is 59.7 cm³/mol. The summed E-state index contributed by atoms with van der Waals surface area (Å²) in [7, 11) is 0. The standard InChI is InChI=1S/C9H4Cl2FNO2S/c10-9(11,12)13-7(14)4-2-1-3-5(16)6(4)8(13)15/h1-3,16H. The van der Waals surface area contributed by atoms with Crippen LogP contribution in [0.4, 0.5) is 4.39 Å². The molecule has 0 bridgehead atoms. The maximum atomic E-state index is 13.3. The van der Waals surface area contributed by atoms with Crippen LogP contribution in [0.25, 0.3) is 0 Å². The summed E-state index contributed by atoms with van der Waals surface area (Å²) in [6, 6.07) is 4.42. The molecule has 1 aliphatic rings. The van der Waals surface area contributed by atoms with Gasteiger partial charge >= 0.3 is 4.71 Å². The second-order valence-electron chi connectivity index (χ2n) is 3.11. The Kier molecular flexibility index (Phi) is 2.64. The Morgan fingerprint density at radius 3 is 2.38 bits per heavy atom. The fourth-order valence-corrected chi connectivity index (χ4v) is 2.11. The zero-order chi connectivity index (χ0) is 12.1. The lowest BCUT2D eigenvalue weighted by molar-refractivity contribution is 0.0481. The number of rotatable bonds is 1. The van der Waals surface area contributed by atoms with Gasteiger partial charge in [0.2, 0.25) is 0 Å². The van der Waals surface area contributed by atoms with Crippen LogP contribution in [0, 0.1) is 0 Å². The van der Waals surface area contributed by atoms with Gasteiger partial charge in [0.05, 0.1) is 11.1 Å². The van der Waals surface area contributed by atoms with Gasteiger partial charge in [-0.25, -0.2) is 4.90 Å². The second-order valence-corrected chi connectivity index (χ2v) is 4.79. The quantitative estimate of drug-likeness (QED) is 0.371. The van der Waals surface area contributed by atoms with E-state index in [4.69, 9.17) is 23.2 Å². The summed E-state index contributed by atoms with van der Waals surface area (Å²) in [5.41, 5.74) is 0.0555. The van der Waals surface area contributed by atoms with E-state index in [1.165, 1.54) is 18.2 Å². The Bertz CT molecular complexity index is 501. The summed E-state index contributed by atoms with van der Waals surface area (Å²) in [4.78, 5) is 23.8. The van der Waals surface area contributed by atoms with Crippen molar-refractivity contribution in [3.05, 3.63) is 29.3 Å². The molecular weight excluding hydrogens is 276 g/mol. The van der Waals surface area contributed by atoms with Crippen molar-refractivity contribution in [1.29, 1.82) is 0 Å². The van der Waals surface area contributed by atoms with Crippen molar-refractivity contribution in [3.8, 4) is 0 Å². The third kappa shape index (κ3) is 1.59. The van der Waals surface area contributed by atoms with Crippen LogP contribution >= 0.6 is 35.8 Å². The number of halogens is 3. The van der Waals surface area contributed by atoms with Gasteiger partial charge in [-0.1, -0.05) is 6.07 Å².